The van der Waals surface area contributed by atoms with Gasteiger partial charge >= 0.3 is 5.97 Å². The Balaban J connectivity index is 2.62. The Labute approximate surface area is 84.1 Å². The van der Waals surface area contributed by atoms with Crippen LogP contribution in [0.4, 0.5) is 0 Å². The molecule has 1 heterocycles. The van der Waals surface area contributed by atoms with Crippen molar-refractivity contribution in [3.8, 4) is 0 Å². The molecule has 0 spiro atoms. The SMILES string of the molecule is CCC(Cc1ccncc1)C(=O)OC. The van der Waals surface area contributed by atoms with Gasteiger partial charge in [0.25, 0.3) is 0 Å². The van der Waals surface area contributed by atoms with Crippen molar-refractivity contribution in [3.63, 3.8) is 0 Å². The molecule has 1 aromatic heterocycles. The van der Waals surface area contributed by atoms with Gasteiger partial charge in [0.05, 0.1) is 13.0 Å². The lowest BCUT2D eigenvalue weighted by molar-refractivity contribution is -0.145. The van der Waals surface area contributed by atoms with Crippen molar-refractivity contribution in [1.29, 1.82) is 0 Å². The monoisotopic (exact) mass is 193 g/mol. The molecule has 3 heteroatoms. The highest BCUT2D eigenvalue weighted by Gasteiger charge is 2.16. The van der Waals surface area contributed by atoms with E-state index in [0.29, 0.717) is 0 Å². The number of esters is 1. The molecule has 0 N–H and O–H groups in total. The predicted molar refractivity (Wildman–Crippen MR) is 53.7 cm³/mol. The number of methoxy groups -OCH3 is 1. The van der Waals surface area contributed by atoms with E-state index in [4.69, 9.17) is 4.74 Å². The van der Waals surface area contributed by atoms with Crippen molar-refractivity contribution in [2.45, 2.75) is 19.8 Å². The minimum atomic E-state index is -0.135. The van der Waals surface area contributed by atoms with Crippen LogP contribution in [-0.2, 0) is 16.0 Å². The fraction of sp³-hybridized carbons (Fsp3) is 0.455. The normalized spacial score (nSPS) is 12.1. The Morgan fingerprint density at radius 1 is 1.50 bits per heavy atom. The number of aromatic nitrogens is 1. The lowest BCUT2D eigenvalue weighted by Crippen LogP contribution is -2.17. The summed E-state index contributed by atoms with van der Waals surface area (Å²) in [6.07, 6.45) is 5.00. The fourth-order valence-corrected chi connectivity index (χ4v) is 1.36. The summed E-state index contributed by atoms with van der Waals surface area (Å²) in [7, 11) is 1.43. The molecule has 0 aliphatic heterocycles. The van der Waals surface area contributed by atoms with Crippen molar-refractivity contribution in [3.05, 3.63) is 30.1 Å². The van der Waals surface area contributed by atoms with Gasteiger partial charge in [-0.2, -0.15) is 0 Å². The molecule has 0 fully saturated rings. The second-order valence-electron chi connectivity index (χ2n) is 3.19. The minimum Gasteiger partial charge on any atom is -0.469 e. The van der Waals surface area contributed by atoms with Crippen molar-refractivity contribution in [1.82, 2.24) is 4.98 Å². The molecule has 76 valence electrons. The molecule has 0 saturated carbocycles. The van der Waals surface area contributed by atoms with Gasteiger partial charge in [0, 0.05) is 12.4 Å². The zero-order valence-corrected chi connectivity index (χ0v) is 8.56. The van der Waals surface area contributed by atoms with E-state index in [1.54, 1.807) is 12.4 Å². The number of hydrogen-bond donors (Lipinski definition) is 0. The van der Waals surface area contributed by atoms with Gasteiger partial charge in [-0.15, -0.1) is 0 Å². The largest absolute Gasteiger partial charge is 0.469 e. The second kappa shape index (κ2) is 5.37. The van der Waals surface area contributed by atoms with Crippen LogP contribution in [0.25, 0.3) is 0 Å². The maximum atomic E-state index is 11.3. The van der Waals surface area contributed by atoms with Crippen LogP contribution in [0, 0.1) is 5.92 Å². The van der Waals surface area contributed by atoms with Gasteiger partial charge < -0.3 is 4.74 Å². The van der Waals surface area contributed by atoms with Crippen molar-refractivity contribution in [2.75, 3.05) is 7.11 Å². The van der Waals surface area contributed by atoms with Crippen molar-refractivity contribution < 1.29 is 9.53 Å². The van der Waals surface area contributed by atoms with Crippen LogP contribution in [0.2, 0.25) is 0 Å². The molecule has 0 aromatic carbocycles. The van der Waals surface area contributed by atoms with Gasteiger partial charge in [-0.1, -0.05) is 6.92 Å². The highest BCUT2D eigenvalue weighted by Crippen LogP contribution is 2.12. The van der Waals surface area contributed by atoms with E-state index < -0.39 is 0 Å². The standard InChI is InChI=1S/C11H15NO2/c1-3-10(11(13)14-2)8-9-4-6-12-7-5-9/h4-7,10H,3,8H2,1-2H3. The molecule has 3 nitrogen and oxygen atoms in total. The van der Waals surface area contributed by atoms with E-state index in [9.17, 15) is 4.79 Å². The fourth-order valence-electron chi connectivity index (χ4n) is 1.36. The van der Waals surface area contributed by atoms with Crippen molar-refractivity contribution >= 4 is 5.97 Å². The molecular formula is C11H15NO2. The first kappa shape index (κ1) is 10.7. The van der Waals surface area contributed by atoms with Crippen LogP contribution in [0.15, 0.2) is 24.5 Å². The topological polar surface area (TPSA) is 39.2 Å². The average Bonchev–Trinajstić information content (AvgIpc) is 2.26. The lowest BCUT2D eigenvalue weighted by Gasteiger charge is -2.11. The van der Waals surface area contributed by atoms with Crippen LogP contribution < -0.4 is 0 Å². The zero-order valence-electron chi connectivity index (χ0n) is 8.56. The summed E-state index contributed by atoms with van der Waals surface area (Å²) >= 11 is 0. The van der Waals surface area contributed by atoms with Crippen LogP contribution >= 0.6 is 0 Å². The van der Waals surface area contributed by atoms with Crippen LogP contribution in [-0.4, -0.2) is 18.1 Å². The third-order valence-electron chi connectivity index (χ3n) is 2.26. The molecule has 14 heavy (non-hydrogen) atoms. The predicted octanol–water partition coefficient (Wildman–Crippen LogP) is 1.82. The van der Waals surface area contributed by atoms with E-state index in [1.165, 1.54) is 7.11 Å². The smallest absolute Gasteiger partial charge is 0.308 e. The molecule has 1 aromatic rings. The highest BCUT2D eigenvalue weighted by molar-refractivity contribution is 5.72. The molecular weight excluding hydrogens is 178 g/mol. The quantitative estimate of drug-likeness (QED) is 0.685. The van der Waals surface area contributed by atoms with Crippen LogP contribution in [0.3, 0.4) is 0 Å². The molecule has 0 aliphatic carbocycles. The summed E-state index contributed by atoms with van der Waals surface area (Å²) in [4.78, 5) is 15.2. The first-order valence-corrected chi connectivity index (χ1v) is 4.74. The van der Waals surface area contributed by atoms with Gasteiger partial charge in [-0.25, -0.2) is 0 Å². The number of rotatable bonds is 4. The molecule has 0 aliphatic rings. The third kappa shape index (κ3) is 2.83. The summed E-state index contributed by atoms with van der Waals surface area (Å²) in [5.74, 6) is -0.174. The second-order valence-corrected chi connectivity index (χ2v) is 3.19. The first-order chi connectivity index (χ1) is 6.77. The van der Waals surface area contributed by atoms with E-state index in [0.717, 1.165) is 18.4 Å². The van der Waals surface area contributed by atoms with E-state index in [2.05, 4.69) is 4.98 Å². The van der Waals surface area contributed by atoms with E-state index in [-0.39, 0.29) is 11.9 Å². The Hall–Kier alpha value is -1.38. The van der Waals surface area contributed by atoms with Crippen molar-refractivity contribution in [2.24, 2.45) is 5.92 Å². The van der Waals surface area contributed by atoms with Gasteiger partial charge in [-0.05, 0) is 30.5 Å². The molecule has 0 saturated heterocycles. The maximum Gasteiger partial charge on any atom is 0.308 e. The lowest BCUT2D eigenvalue weighted by atomic mass is 9.98. The Kier molecular flexibility index (Phi) is 4.11. The van der Waals surface area contributed by atoms with Crippen LogP contribution in [0.1, 0.15) is 18.9 Å². The summed E-state index contributed by atoms with van der Waals surface area (Å²) in [5.41, 5.74) is 1.12. The first-order valence-electron chi connectivity index (χ1n) is 4.74. The van der Waals surface area contributed by atoms with Gasteiger partial charge in [0.15, 0.2) is 0 Å². The third-order valence-corrected chi connectivity index (χ3v) is 2.26. The summed E-state index contributed by atoms with van der Waals surface area (Å²) in [6, 6.07) is 3.84. The number of nitrogens with zero attached hydrogens (tertiary/aromatic N) is 1. The summed E-state index contributed by atoms with van der Waals surface area (Å²) < 4.78 is 4.72. The number of hydrogen-bond acceptors (Lipinski definition) is 3. The van der Waals surface area contributed by atoms with E-state index >= 15 is 0 Å². The number of carbonyl (C=O) groups excluding carboxylic acids is 1. The molecule has 1 atom stereocenters. The number of pyridine rings is 1. The average molecular weight is 193 g/mol. The van der Waals surface area contributed by atoms with Crippen LogP contribution in [0.5, 0.6) is 0 Å². The summed E-state index contributed by atoms with van der Waals surface area (Å²) in [6.45, 7) is 1.99. The molecule has 0 amide bonds. The summed E-state index contributed by atoms with van der Waals surface area (Å²) in [5, 5.41) is 0. The maximum absolute atomic E-state index is 11.3. The zero-order chi connectivity index (χ0) is 10.4. The molecule has 1 unspecified atom stereocenters. The number of carbonyl (C=O) groups is 1. The van der Waals surface area contributed by atoms with E-state index in [1.807, 2.05) is 19.1 Å². The highest BCUT2D eigenvalue weighted by atomic mass is 16.5. The van der Waals surface area contributed by atoms with Gasteiger partial charge in [0.2, 0.25) is 0 Å². The molecule has 1 rings (SSSR count). The Bertz CT molecular complexity index is 285. The molecule has 0 radical (unpaired) electrons. The number of ether oxygens (including phenoxy) is 1. The minimum absolute atomic E-state index is 0.0394. The Morgan fingerprint density at radius 3 is 2.64 bits per heavy atom. The van der Waals surface area contributed by atoms with Gasteiger partial charge in [0.1, 0.15) is 0 Å². The Morgan fingerprint density at radius 2 is 2.14 bits per heavy atom. The molecule has 0 bridgehead atoms. The van der Waals surface area contributed by atoms with Gasteiger partial charge in [-0.3, -0.25) is 9.78 Å².